The Hall–Kier alpha value is -0.340. The molecule has 0 N–H and O–H groups in total. The van der Waals surface area contributed by atoms with Gasteiger partial charge in [-0.1, -0.05) is 26.0 Å². The Bertz CT molecular complexity index is 208. The van der Waals surface area contributed by atoms with Crippen LogP contribution in [0.4, 0.5) is 0 Å². The maximum atomic E-state index is 5.21. The Labute approximate surface area is 67.1 Å². The van der Waals surface area contributed by atoms with Crippen LogP contribution in [0.15, 0.2) is 12.2 Å². The van der Waals surface area contributed by atoms with Crippen LogP contribution in [-0.4, -0.2) is 11.7 Å². The van der Waals surface area contributed by atoms with Crippen molar-refractivity contribution in [2.24, 2.45) is 5.41 Å². The lowest BCUT2D eigenvalue weighted by Crippen LogP contribution is -2.50. The van der Waals surface area contributed by atoms with E-state index in [4.69, 9.17) is 9.78 Å². The van der Waals surface area contributed by atoms with Gasteiger partial charge in [-0.25, -0.2) is 9.78 Å². The summed E-state index contributed by atoms with van der Waals surface area (Å²) in [5.41, 5.74) is 0.0417. The van der Waals surface area contributed by atoms with Crippen LogP contribution in [0.25, 0.3) is 0 Å². The highest BCUT2D eigenvalue weighted by molar-refractivity contribution is 5.15. The molecule has 0 unspecified atom stereocenters. The molecule has 0 saturated carbocycles. The highest BCUT2D eigenvalue weighted by Gasteiger charge is 2.47. The Balaban J connectivity index is 2.34. The molecule has 0 aromatic carbocycles. The molecule has 2 aliphatic heterocycles. The molecule has 2 nitrogen and oxygen atoms in total. The van der Waals surface area contributed by atoms with E-state index in [1.165, 1.54) is 0 Å². The standard InChI is InChI=1S/C9H14O2/c1-8(2)6-9(3)5-4-7(8)10-11-9/h4-5,7H,6H2,1-3H3/t7-,9+/m1/s1. The first-order chi connectivity index (χ1) is 5.02. The molecule has 2 atom stereocenters. The molecule has 2 heteroatoms. The summed E-state index contributed by atoms with van der Waals surface area (Å²) in [4.78, 5) is 10.4. The van der Waals surface area contributed by atoms with Crippen LogP contribution in [0, 0.1) is 5.41 Å². The van der Waals surface area contributed by atoms with Crippen LogP contribution in [0.1, 0.15) is 27.2 Å². The molecule has 3 aliphatic rings. The smallest absolute Gasteiger partial charge is 0.120 e. The maximum Gasteiger partial charge on any atom is 0.120 e. The van der Waals surface area contributed by atoms with Gasteiger partial charge in [0.15, 0.2) is 0 Å². The molecule has 0 aromatic heterocycles. The van der Waals surface area contributed by atoms with Gasteiger partial charge in [-0.2, -0.15) is 0 Å². The lowest BCUT2D eigenvalue weighted by Gasteiger charge is -2.47. The topological polar surface area (TPSA) is 18.5 Å². The molecular weight excluding hydrogens is 140 g/mol. The second kappa shape index (κ2) is 1.87. The fraction of sp³-hybridized carbons (Fsp3) is 0.778. The minimum atomic E-state index is -0.182. The quantitative estimate of drug-likeness (QED) is 0.393. The minimum absolute atomic E-state index is 0.143. The van der Waals surface area contributed by atoms with Crippen LogP contribution in [0.3, 0.4) is 0 Å². The summed E-state index contributed by atoms with van der Waals surface area (Å²) >= 11 is 0. The normalized spacial score (nSPS) is 46.3. The number of hydrogen-bond acceptors (Lipinski definition) is 2. The zero-order valence-electron chi connectivity index (χ0n) is 7.26. The molecule has 2 heterocycles. The molecular formula is C9H14O2. The van der Waals surface area contributed by atoms with Crippen LogP contribution >= 0.6 is 0 Å². The zero-order chi connectivity index (χ0) is 8.11. The first kappa shape index (κ1) is 7.32. The lowest BCUT2D eigenvalue weighted by atomic mass is 9.72. The fourth-order valence-corrected chi connectivity index (χ4v) is 2.00. The third kappa shape index (κ3) is 1.01. The molecule has 1 aliphatic carbocycles. The van der Waals surface area contributed by atoms with Gasteiger partial charge < -0.3 is 0 Å². The van der Waals surface area contributed by atoms with Crippen molar-refractivity contribution in [3.05, 3.63) is 12.2 Å². The van der Waals surface area contributed by atoms with Crippen molar-refractivity contribution in [1.29, 1.82) is 0 Å². The molecule has 2 bridgehead atoms. The van der Waals surface area contributed by atoms with Crippen LogP contribution in [0.2, 0.25) is 0 Å². The van der Waals surface area contributed by atoms with Crippen LogP contribution in [-0.2, 0) is 9.78 Å². The summed E-state index contributed by atoms with van der Waals surface area (Å²) in [5.74, 6) is 0. The van der Waals surface area contributed by atoms with E-state index in [-0.39, 0.29) is 17.1 Å². The predicted octanol–water partition coefficient (Wildman–Crippen LogP) is 2.06. The highest BCUT2D eigenvalue weighted by Crippen LogP contribution is 2.45. The zero-order valence-corrected chi connectivity index (χ0v) is 7.26. The lowest BCUT2D eigenvalue weighted by molar-refractivity contribution is -0.415. The van der Waals surface area contributed by atoms with Crippen molar-refractivity contribution in [2.75, 3.05) is 0 Å². The molecule has 1 fully saturated rings. The minimum Gasteiger partial charge on any atom is -0.228 e. The van der Waals surface area contributed by atoms with Crippen molar-refractivity contribution < 1.29 is 9.78 Å². The summed E-state index contributed by atoms with van der Waals surface area (Å²) in [6.45, 7) is 6.48. The molecule has 1 saturated heterocycles. The van der Waals surface area contributed by atoms with E-state index in [9.17, 15) is 0 Å². The van der Waals surface area contributed by atoms with Crippen molar-refractivity contribution >= 4 is 0 Å². The summed E-state index contributed by atoms with van der Waals surface area (Å²) in [5, 5.41) is 0. The van der Waals surface area contributed by atoms with Gasteiger partial charge in [0.2, 0.25) is 0 Å². The fourth-order valence-electron chi connectivity index (χ4n) is 2.00. The van der Waals surface area contributed by atoms with E-state index in [0.29, 0.717) is 0 Å². The second-order valence-electron chi connectivity index (χ2n) is 4.44. The number of hydrogen-bond donors (Lipinski definition) is 0. The van der Waals surface area contributed by atoms with E-state index < -0.39 is 0 Å². The van der Waals surface area contributed by atoms with E-state index >= 15 is 0 Å². The molecule has 0 spiro atoms. The Kier molecular flexibility index (Phi) is 1.25. The molecule has 0 aromatic rings. The average Bonchev–Trinajstić information content (AvgIpc) is 1.84. The van der Waals surface area contributed by atoms with E-state index in [2.05, 4.69) is 32.9 Å². The van der Waals surface area contributed by atoms with Gasteiger partial charge in [0, 0.05) is 5.41 Å². The van der Waals surface area contributed by atoms with Gasteiger partial charge in [-0.15, -0.1) is 0 Å². The third-order valence-electron chi connectivity index (χ3n) is 2.54. The molecule has 0 radical (unpaired) electrons. The van der Waals surface area contributed by atoms with E-state index in [0.717, 1.165) is 6.42 Å². The van der Waals surface area contributed by atoms with Crippen molar-refractivity contribution in [2.45, 2.75) is 38.9 Å². The SMILES string of the molecule is CC1(C)C[C@]2(C)C=C[C@H]1OO2. The average molecular weight is 154 g/mol. The Morgan fingerprint density at radius 2 is 2.09 bits per heavy atom. The second-order valence-corrected chi connectivity index (χ2v) is 4.44. The van der Waals surface area contributed by atoms with Gasteiger partial charge >= 0.3 is 0 Å². The summed E-state index contributed by atoms with van der Waals surface area (Å²) in [6.07, 6.45) is 5.39. The Morgan fingerprint density at radius 3 is 2.36 bits per heavy atom. The third-order valence-corrected chi connectivity index (χ3v) is 2.54. The van der Waals surface area contributed by atoms with Crippen LogP contribution < -0.4 is 0 Å². The summed E-state index contributed by atoms with van der Waals surface area (Å²) in [7, 11) is 0. The van der Waals surface area contributed by atoms with Crippen molar-refractivity contribution in [1.82, 2.24) is 0 Å². The molecule has 0 amide bonds. The molecule has 11 heavy (non-hydrogen) atoms. The van der Waals surface area contributed by atoms with E-state index in [1.54, 1.807) is 0 Å². The number of rotatable bonds is 0. The predicted molar refractivity (Wildman–Crippen MR) is 41.9 cm³/mol. The van der Waals surface area contributed by atoms with Crippen molar-refractivity contribution in [3.8, 4) is 0 Å². The maximum absolute atomic E-state index is 5.21. The molecule has 62 valence electrons. The van der Waals surface area contributed by atoms with Gasteiger partial charge in [0.25, 0.3) is 0 Å². The van der Waals surface area contributed by atoms with Gasteiger partial charge in [0.1, 0.15) is 11.7 Å². The first-order valence-corrected chi connectivity index (χ1v) is 4.06. The Morgan fingerprint density at radius 1 is 1.36 bits per heavy atom. The largest absolute Gasteiger partial charge is 0.228 e. The van der Waals surface area contributed by atoms with Crippen molar-refractivity contribution in [3.63, 3.8) is 0 Å². The highest BCUT2D eigenvalue weighted by atomic mass is 17.2. The van der Waals surface area contributed by atoms with Gasteiger partial charge in [-0.3, -0.25) is 0 Å². The van der Waals surface area contributed by atoms with E-state index in [1.807, 2.05) is 0 Å². The van der Waals surface area contributed by atoms with Gasteiger partial charge in [-0.05, 0) is 13.3 Å². The summed E-state index contributed by atoms with van der Waals surface area (Å²) < 4.78 is 0. The summed E-state index contributed by atoms with van der Waals surface area (Å²) in [6, 6.07) is 0. The monoisotopic (exact) mass is 154 g/mol. The molecule has 3 rings (SSSR count). The first-order valence-electron chi connectivity index (χ1n) is 4.06. The van der Waals surface area contributed by atoms with Gasteiger partial charge in [0.05, 0.1) is 0 Å². The number of fused-ring (bicyclic) bond motifs is 2. The van der Waals surface area contributed by atoms with Crippen LogP contribution in [0.5, 0.6) is 0 Å².